The number of aliphatic hydroxyl groups excluding tert-OH is 1. The van der Waals surface area contributed by atoms with Gasteiger partial charge in [-0.15, -0.1) is 11.3 Å². The fourth-order valence-corrected chi connectivity index (χ4v) is 6.25. The van der Waals surface area contributed by atoms with Gasteiger partial charge in [-0.2, -0.15) is 0 Å². The summed E-state index contributed by atoms with van der Waals surface area (Å²) in [5.41, 5.74) is 2.36. The van der Waals surface area contributed by atoms with Gasteiger partial charge in [0.15, 0.2) is 6.29 Å². The van der Waals surface area contributed by atoms with Crippen molar-refractivity contribution in [3.8, 4) is 0 Å². The number of nitrogens with zero attached hydrogens (tertiary/aromatic N) is 4. The maximum atomic E-state index is 12.8. The average molecular weight is 475 g/mol. The predicted octanol–water partition coefficient (Wildman–Crippen LogP) is 3.45. The average Bonchev–Trinajstić information content (AvgIpc) is 3.47. The quantitative estimate of drug-likeness (QED) is 0.511. The van der Waals surface area contributed by atoms with Crippen molar-refractivity contribution in [3.63, 3.8) is 0 Å². The zero-order valence-electron chi connectivity index (χ0n) is 18.3. The van der Waals surface area contributed by atoms with Gasteiger partial charge in [-0.25, -0.2) is 18.7 Å². The van der Waals surface area contributed by atoms with Crippen LogP contribution in [0, 0.1) is 5.41 Å². The fraction of sp³-hybridized carbons (Fsp3) is 0.500. The summed E-state index contributed by atoms with van der Waals surface area (Å²) in [6.07, 6.45) is 0.107. The summed E-state index contributed by atoms with van der Waals surface area (Å²) in [5, 5.41) is 19.1. The molecular formula is C24H28F2N4O2S. The molecule has 2 saturated heterocycles. The first-order chi connectivity index (χ1) is 15.9. The van der Waals surface area contributed by atoms with Crippen LogP contribution >= 0.6 is 11.3 Å². The predicted molar refractivity (Wildman–Crippen MR) is 125 cm³/mol. The Morgan fingerprint density at radius 2 is 1.76 bits per heavy atom. The largest absolute Gasteiger partial charge is 0.368 e. The van der Waals surface area contributed by atoms with Crippen molar-refractivity contribution in [1.82, 2.24) is 14.9 Å². The van der Waals surface area contributed by atoms with Crippen molar-refractivity contribution < 1.29 is 19.0 Å². The maximum absolute atomic E-state index is 12.8. The molecule has 0 aliphatic carbocycles. The van der Waals surface area contributed by atoms with Crippen LogP contribution in [0.1, 0.15) is 28.8 Å². The van der Waals surface area contributed by atoms with Crippen LogP contribution in [0.2, 0.25) is 0 Å². The van der Waals surface area contributed by atoms with E-state index in [0.29, 0.717) is 4.88 Å². The van der Waals surface area contributed by atoms with Crippen molar-refractivity contribution in [1.29, 1.82) is 0 Å². The molecule has 0 radical (unpaired) electrons. The second kappa shape index (κ2) is 9.21. The number of aliphatic hydroxyl groups is 2. The Bertz CT molecular complexity index is 1110. The van der Waals surface area contributed by atoms with Crippen LogP contribution in [0.4, 0.5) is 14.6 Å². The second-order valence-electron chi connectivity index (χ2n) is 9.36. The van der Waals surface area contributed by atoms with Crippen LogP contribution < -0.4 is 4.90 Å². The van der Waals surface area contributed by atoms with E-state index < -0.39 is 12.7 Å². The number of benzene rings is 1. The number of hydrogen-bond donors (Lipinski definition) is 2. The van der Waals surface area contributed by atoms with E-state index >= 15 is 0 Å². The highest BCUT2D eigenvalue weighted by molar-refractivity contribution is 7.18. The number of hydrogen-bond acceptors (Lipinski definition) is 7. The Balaban J connectivity index is 1.24. The normalized spacial score (nSPS) is 21.5. The van der Waals surface area contributed by atoms with Gasteiger partial charge in [0.2, 0.25) is 6.43 Å². The number of rotatable bonds is 7. The minimum atomic E-state index is -2.36. The zero-order chi connectivity index (χ0) is 23.0. The van der Waals surface area contributed by atoms with Crippen LogP contribution in [-0.2, 0) is 19.4 Å². The molecule has 2 aliphatic heterocycles. The van der Waals surface area contributed by atoms with Crippen LogP contribution in [-0.4, -0.2) is 64.0 Å². The number of aromatic nitrogens is 2. The Morgan fingerprint density at radius 3 is 2.52 bits per heavy atom. The standard InChI is InChI=1S/C24H28F2N4O2S/c25-20(26)11-18-10-19-22(27-15-28-23(19)33-18)30-8-6-24(14-30)5-7-29(13-24)12-17-3-1-16(2-4-17)9-21(31)32/h1-4,10,15,20-21,31-32H,5-9,11-14H2. The number of halogens is 2. The van der Waals surface area contributed by atoms with Gasteiger partial charge in [0, 0.05) is 49.3 Å². The van der Waals surface area contributed by atoms with Gasteiger partial charge in [-0.1, -0.05) is 24.3 Å². The highest BCUT2D eigenvalue weighted by atomic mass is 32.1. The van der Waals surface area contributed by atoms with Crippen molar-refractivity contribution in [2.24, 2.45) is 5.41 Å². The third kappa shape index (κ3) is 5.01. The molecule has 0 amide bonds. The number of likely N-dealkylation sites (tertiary alicyclic amines) is 1. The molecule has 0 saturated carbocycles. The number of fused-ring (bicyclic) bond motifs is 1. The Labute approximate surface area is 195 Å². The van der Waals surface area contributed by atoms with Crippen LogP contribution in [0.15, 0.2) is 36.7 Å². The molecule has 1 spiro atoms. The minimum Gasteiger partial charge on any atom is -0.368 e. The molecule has 4 heterocycles. The summed E-state index contributed by atoms with van der Waals surface area (Å²) in [6, 6.07) is 9.89. The number of anilines is 1. The minimum absolute atomic E-state index is 0.222. The molecule has 1 aromatic carbocycles. The number of alkyl halides is 2. The molecular weight excluding hydrogens is 446 g/mol. The lowest BCUT2D eigenvalue weighted by Crippen LogP contribution is -2.31. The van der Waals surface area contributed by atoms with E-state index in [1.54, 1.807) is 6.33 Å². The smallest absolute Gasteiger partial charge is 0.243 e. The monoisotopic (exact) mass is 474 g/mol. The van der Waals surface area contributed by atoms with E-state index in [2.05, 4.69) is 31.9 Å². The summed E-state index contributed by atoms with van der Waals surface area (Å²) in [7, 11) is 0. The van der Waals surface area contributed by atoms with E-state index in [0.717, 1.165) is 67.2 Å². The molecule has 1 atom stereocenters. The van der Waals surface area contributed by atoms with E-state index in [4.69, 9.17) is 10.2 Å². The van der Waals surface area contributed by atoms with Gasteiger partial charge in [0.05, 0.1) is 5.39 Å². The van der Waals surface area contributed by atoms with Crippen LogP contribution in [0.3, 0.4) is 0 Å². The summed E-state index contributed by atoms with van der Waals surface area (Å²) in [4.78, 5) is 15.1. The third-order valence-electron chi connectivity index (χ3n) is 6.82. The molecule has 2 aliphatic rings. The van der Waals surface area contributed by atoms with Crippen molar-refractivity contribution >= 4 is 27.4 Å². The van der Waals surface area contributed by atoms with Gasteiger partial charge < -0.3 is 15.1 Å². The van der Waals surface area contributed by atoms with Gasteiger partial charge in [-0.05, 0) is 36.6 Å². The second-order valence-corrected chi connectivity index (χ2v) is 10.5. The molecule has 9 heteroatoms. The highest BCUT2D eigenvalue weighted by Gasteiger charge is 2.44. The molecule has 33 heavy (non-hydrogen) atoms. The maximum Gasteiger partial charge on any atom is 0.243 e. The first kappa shape index (κ1) is 22.6. The lowest BCUT2D eigenvalue weighted by atomic mass is 9.86. The van der Waals surface area contributed by atoms with Gasteiger partial charge in [-0.3, -0.25) is 4.90 Å². The van der Waals surface area contributed by atoms with E-state index in [1.807, 2.05) is 18.2 Å². The Hall–Kier alpha value is -2.20. The molecule has 2 N–H and O–H groups in total. The lowest BCUT2D eigenvalue weighted by Gasteiger charge is -2.25. The van der Waals surface area contributed by atoms with E-state index in [-0.39, 0.29) is 18.3 Å². The first-order valence-corrected chi connectivity index (χ1v) is 12.1. The molecule has 176 valence electrons. The third-order valence-corrected chi connectivity index (χ3v) is 7.88. The fourth-order valence-electron chi connectivity index (χ4n) is 5.26. The summed E-state index contributed by atoms with van der Waals surface area (Å²) in [6.45, 7) is 4.78. The SMILES string of the molecule is OC(O)Cc1ccc(CN2CCC3(CCN(c4ncnc5sc(CC(F)F)cc45)C3)C2)cc1. The van der Waals surface area contributed by atoms with E-state index in [1.165, 1.54) is 16.9 Å². The first-order valence-electron chi connectivity index (χ1n) is 11.3. The Morgan fingerprint density at radius 1 is 1.00 bits per heavy atom. The Kier molecular flexibility index (Phi) is 6.30. The van der Waals surface area contributed by atoms with Crippen molar-refractivity contribution in [2.45, 2.75) is 44.9 Å². The zero-order valence-corrected chi connectivity index (χ0v) is 19.1. The molecule has 6 nitrogen and oxygen atoms in total. The topological polar surface area (TPSA) is 72.7 Å². The van der Waals surface area contributed by atoms with Gasteiger partial charge in [0.25, 0.3) is 0 Å². The van der Waals surface area contributed by atoms with Crippen LogP contribution in [0.5, 0.6) is 0 Å². The molecule has 2 fully saturated rings. The van der Waals surface area contributed by atoms with Crippen LogP contribution in [0.25, 0.3) is 10.2 Å². The van der Waals surface area contributed by atoms with Gasteiger partial charge in [0.1, 0.15) is 17.0 Å². The van der Waals surface area contributed by atoms with Crippen molar-refractivity contribution in [2.75, 3.05) is 31.1 Å². The molecule has 2 aromatic heterocycles. The molecule has 0 bridgehead atoms. The lowest BCUT2D eigenvalue weighted by molar-refractivity contribution is -0.0381. The van der Waals surface area contributed by atoms with E-state index in [9.17, 15) is 8.78 Å². The molecule has 5 rings (SSSR count). The van der Waals surface area contributed by atoms with Crippen molar-refractivity contribution in [3.05, 3.63) is 52.7 Å². The summed E-state index contributed by atoms with van der Waals surface area (Å²) in [5.74, 6) is 0.869. The molecule has 1 unspecified atom stereocenters. The summed E-state index contributed by atoms with van der Waals surface area (Å²) >= 11 is 1.33. The highest BCUT2D eigenvalue weighted by Crippen LogP contribution is 2.43. The van der Waals surface area contributed by atoms with Gasteiger partial charge >= 0.3 is 0 Å². The molecule has 3 aromatic rings. The summed E-state index contributed by atoms with van der Waals surface area (Å²) < 4.78 is 25.7. The number of thiophene rings is 1.